The van der Waals surface area contributed by atoms with Crippen molar-refractivity contribution in [2.24, 2.45) is 0 Å². The predicted molar refractivity (Wildman–Crippen MR) is 87.6 cm³/mol. The first-order chi connectivity index (χ1) is 11.6. The minimum Gasteiger partial charge on any atom is -0.480 e. The van der Waals surface area contributed by atoms with Crippen LogP contribution in [0.4, 0.5) is 0 Å². The minimum atomic E-state index is -0.948. The molecule has 3 rings (SSSR count). The van der Waals surface area contributed by atoms with Gasteiger partial charge >= 0.3 is 5.97 Å². The Labute approximate surface area is 138 Å². The van der Waals surface area contributed by atoms with Crippen molar-refractivity contribution >= 4 is 22.8 Å². The van der Waals surface area contributed by atoms with E-state index in [1.54, 1.807) is 18.2 Å². The quantitative estimate of drug-likeness (QED) is 0.891. The monoisotopic (exact) mass is 329 g/mol. The summed E-state index contributed by atoms with van der Waals surface area (Å²) in [6, 6.07) is 6.42. The van der Waals surface area contributed by atoms with Crippen molar-refractivity contribution in [3.63, 3.8) is 0 Å². The van der Waals surface area contributed by atoms with Crippen LogP contribution in [0.2, 0.25) is 0 Å². The molecule has 0 unspecified atom stereocenters. The molecular weight excluding hydrogens is 310 g/mol. The molecule has 1 atom stereocenters. The maximum absolute atomic E-state index is 12.4. The number of likely N-dealkylation sites (tertiary alicyclic amines) is 1. The Kier molecular flexibility index (Phi) is 4.59. The topological polar surface area (TPSA) is 92.5 Å². The number of aryl methyl sites for hydroxylation is 1. The van der Waals surface area contributed by atoms with Gasteiger partial charge in [0.2, 0.25) is 5.91 Å². The maximum atomic E-state index is 12.4. The van der Waals surface area contributed by atoms with Crippen LogP contribution in [-0.4, -0.2) is 44.0 Å². The number of carbonyl (C=O) groups is 2. The van der Waals surface area contributed by atoms with Crippen molar-refractivity contribution in [3.8, 4) is 0 Å². The zero-order chi connectivity index (χ0) is 17.1. The molecular formula is C17H19N3O4. The summed E-state index contributed by atoms with van der Waals surface area (Å²) in [6.45, 7) is 0.876. The lowest BCUT2D eigenvalue weighted by Gasteiger charge is -2.21. The first-order valence-corrected chi connectivity index (χ1v) is 8.04. The third-order valence-electron chi connectivity index (χ3n) is 4.38. The molecule has 7 nitrogen and oxygen atoms in total. The highest BCUT2D eigenvalue weighted by Gasteiger charge is 2.33. The molecule has 0 saturated carbocycles. The lowest BCUT2D eigenvalue weighted by Crippen LogP contribution is -2.40. The van der Waals surface area contributed by atoms with Gasteiger partial charge in [0.15, 0.2) is 0 Å². The van der Waals surface area contributed by atoms with E-state index in [0.717, 1.165) is 6.42 Å². The Morgan fingerprint density at radius 1 is 1.29 bits per heavy atom. The molecule has 0 bridgehead atoms. The van der Waals surface area contributed by atoms with E-state index in [0.29, 0.717) is 36.8 Å². The van der Waals surface area contributed by atoms with Crippen LogP contribution in [0.25, 0.3) is 10.9 Å². The van der Waals surface area contributed by atoms with Crippen LogP contribution < -0.4 is 5.56 Å². The molecule has 7 heteroatoms. The highest BCUT2D eigenvalue weighted by molar-refractivity contribution is 5.84. The van der Waals surface area contributed by atoms with Crippen molar-refractivity contribution in [2.75, 3.05) is 6.54 Å². The van der Waals surface area contributed by atoms with Gasteiger partial charge in [0.05, 0.1) is 17.2 Å². The third-order valence-corrected chi connectivity index (χ3v) is 4.38. The Bertz CT molecular complexity index is 830. The van der Waals surface area contributed by atoms with Gasteiger partial charge in [0.25, 0.3) is 5.56 Å². The molecule has 1 N–H and O–H groups in total. The maximum Gasteiger partial charge on any atom is 0.326 e. The Morgan fingerprint density at radius 3 is 2.88 bits per heavy atom. The Morgan fingerprint density at radius 2 is 2.08 bits per heavy atom. The second kappa shape index (κ2) is 6.82. The molecule has 0 radical (unpaired) electrons. The largest absolute Gasteiger partial charge is 0.480 e. The summed E-state index contributed by atoms with van der Waals surface area (Å²) in [5, 5.41) is 9.68. The number of aliphatic carboxylic acids is 1. The number of carboxylic acid groups (broad SMARTS) is 1. The number of aromatic nitrogens is 2. The minimum absolute atomic E-state index is 0.127. The molecule has 0 aliphatic carbocycles. The number of amides is 1. The molecule has 1 aliphatic rings. The molecule has 1 aromatic carbocycles. The van der Waals surface area contributed by atoms with Crippen LogP contribution in [0.5, 0.6) is 0 Å². The van der Waals surface area contributed by atoms with Gasteiger partial charge in [-0.3, -0.25) is 14.2 Å². The molecule has 126 valence electrons. The fourth-order valence-corrected chi connectivity index (χ4v) is 3.13. The molecule has 1 aliphatic heterocycles. The Balaban J connectivity index is 1.62. The number of carboxylic acids is 1. The number of benzene rings is 1. The van der Waals surface area contributed by atoms with Crippen LogP contribution in [0.3, 0.4) is 0 Å². The van der Waals surface area contributed by atoms with E-state index in [1.165, 1.54) is 15.8 Å². The highest BCUT2D eigenvalue weighted by Crippen LogP contribution is 2.19. The highest BCUT2D eigenvalue weighted by atomic mass is 16.4. The molecule has 1 aromatic heterocycles. The molecule has 1 fully saturated rings. The Hall–Kier alpha value is -2.70. The van der Waals surface area contributed by atoms with Gasteiger partial charge in [-0.25, -0.2) is 9.78 Å². The molecule has 1 amide bonds. The van der Waals surface area contributed by atoms with Crippen molar-refractivity contribution in [3.05, 3.63) is 40.9 Å². The van der Waals surface area contributed by atoms with Crippen molar-refractivity contribution in [1.29, 1.82) is 0 Å². The zero-order valence-electron chi connectivity index (χ0n) is 13.2. The fraction of sp³-hybridized carbons (Fsp3) is 0.412. The van der Waals surface area contributed by atoms with E-state index in [2.05, 4.69) is 4.98 Å². The lowest BCUT2D eigenvalue weighted by atomic mass is 10.2. The number of nitrogens with zero attached hydrogens (tertiary/aromatic N) is 3. The van der Waals surface area contributed by atoms with Gasteiger partial charge in [0, 0.05) is 19.5 Å². The normalized spacial score (nSPS) is 17.3. The molecule has 2 heterocycles. The number of hydrogen-bond acceptors (Lipinski definition) is 4. The van der Waals surface area contributed by atoms with Gasteiger partial charge in [-0.15, -0.1) is 0 Å². The average molecular weight is 329 g/mol. The summed E-state index contributed by atoms with van der Waals surface area (Å²) in [4.78, 5) is 41.4. The average Bonchev–Trinajstić information content (AvgIpc) is 3.07. The summed E-state index contributed by atoms with van der Waals surface area (Å²) in [6.07, 6.45) is 3.42. The van der Waals surface area contributed by atoms with Gasteiger partial charge < -0.3 is 10.0 Å². The van der Waals surface area contributed by atoms with Crippen LogP contribution in [0.1, 0.15) is 25.7 Å². The van der Waals surface area contributed by atoms with Gasteiger partial charge in [-0.2, -0.15) is 0 Å². The van der Waals surface area contributed by atoms with Crippen LogP contribution >= 0.6 is 0 Å². The van der Waals surface area contributed by atoms with E-state index in [1.807, 2.05) is 6.07 Å². The summed E-state index contributed by atoms with van der Waals surface area (Å²) in [5.74, 6) is -1.11. The summed E-state index contributed by atoms with van der Waals surface area (Å²) in [7, 11) is 0. The fourth-order valence-electron chi connectivity index (χ4n) is 3.13. The second-order valence-electron chi connectivity index (χ2n) is 5.95. The SMILES string of the molecule is O=C(O)[C@H]1CCCN1C(=O)CCCn1cnc2ccccc2c1=O. The first-order valence-electron chi connectivity index (χ1n) is 8.04. The molecule has 0 spiro atoms. The van der Waals surface area contributed by atoms with Gasteiger partial charge in [-0.1, -0.05) is 12.1 Å². The second-order valence-corrected chi connectivity index (χ2v) is 5.95. The number of fused-ring (bicyclic) bond motifs is 1. The molecule has 24 heavy (non-hydrogen) atoms. The smallest absolute Gasteiger partial charge is 0.326 e. The molecule has 1 saturated heterocycles. The van der Waals surface area contributed by atoms with E-state index < -0.39 is 12.0 Å². The number of rotatable bonds is 5. The summed E-state index contributed by atoms with van der Waals surface area (Å²) >= 11 is 0. The van der Waals surface area contributed by atoms with Crippen LogP contribution in [0.15, 0.2) is 35.4 Å². The summed E-state index contributed by atoms with van der Waals surface area (Å²) in [5.41, 5.74) is 0.522. The number of hydrogen-bond donors (Lipinski definition) is 1. The van der Waals surface area contributed by atoms with Crippen LogP contribution in [-0.2, 0) is 16.1 Å². The van der Waals surface area contributed by atoms with Crippen LogP contribution in [0, 0.1) is 0 Å². The molecule has 2 aromatic rings. The van der Waals surface area contributed by atoms with Gasteiger partial charge in [-0.05, 0) is 31.4 Å². The summed E-state index contributed by atoms with van der Waals surface area (Å²) < 4.78 is 1.49. The lowest BCUT2D eigenvalue weighted by molar-refractivity contribution is -0.148. The predicted octanol–water partition coefficient (Wildman–Crippen LogP) is 1.25. The van der Waals surface area contributed by atoms with Crippen molar-refractivity contribution in [2.45, 2.75) is 38.3 Å². The first kappa shape index (κ1) is 16.2. The number of carbonyl (C=O) groups excluding carboxylic acids is 1. The van der Waals surface area contributed by atoms with E-state index in [4.69, 9.17) is 5.11 Å². The van der Waals surface area contributed by atoms with E-state index in [-0.39, 0.29) is 17.9 Å². The van der Waals surface area contributed by atoms with Crippen molar-refractivity contribution in [1.82, 2.24) is 14.5 Å². The zero-order valence-corrected chi connectivity index (χ0v) is 13.2. The van der Waals surface area contributed by atoms with E-state index >= 15 is 0 Å². The standard InChI is InChI=1S/C17H19N3O4/c21-15(20-10-3-7-14(20)17(23)24)8-4-9-19-11-18-13-6-2-1-5-12(13)16(19)22/h1-2,5-6,11,14H,3-4,7-10H2,(H,23,24)/t14-/m1/s1. The van der Waals surface area contributed by atoms with Gasteiger partial charge in [0.1, 0.15) is 6.04 Å². The number of para-hydroxylation sites is 1. The van der Waals surface area contributed by atoms with E-state index in [9.17, 15) is 14.4 Å². The van der Waals surface area contributed by atoms with Crippen molar-refractivity contribution < 1.29 is 14.7 Å². The third kappa shape index (κ3) is 3.15.